The molecule has 11 heteroatoms. The van der Waals surface area contributed by atoms with E-state index in [9.17, 15) is 19.7 Å². The number of carbonyl (C=O) groups is 2. The number of nitrogens with zero attached hydrogens (tertiary/aromatic N) is 2. The maximum Gasteiger partial charge on any atom is 0.336 e. The fraction of sp³-hybridized carbons (Fsp3) is 0.528. The van der Waals surface area contributed by atoms with Gasteiger partial charge >= 0.3 is 11.9 Å². The highest BCUT2D eigenvalue weighted by Gasteiger charge is 2.44. The Hall–Kier alpha value is -3.54. The molecule has 47 heavy (non-hydrogen) atoms. The quantitative estimate of drug-likeness (QED) is 0.0552. The molecule has 0 N–H and O–H groups in total. The molecule has 1 saturated heterocycles. The van der Waals surface area contributed by atoms with Crippen LogP contribution in [-0.2, 0) is 35.0 Å². The van der Waals surface area contributed by atoms with E-state index in [-0.39, 0.29) is 24.2 Å². The van der Waals surface area contributed by atoms with Crippen LogP contribution >= 0.6 is 11.8 Å². The van der Waals surface area contributed by atoms with E-state index in [1.807, 2.05) is 13.8 Å². The van der Waals surface area contributed by atoms with E-state index in [1.165, 1.54) is 31.2 Å². The van der Waals surface area contributed by atoms with Gasteiger partial charge in [-0.05, 0) is 74.6 Å². The largest absolute Gasteiger partial charge is 0.468 e. The number of allylic oxidation sites excluding steroid dienone is 1. The molecule has 3 unspecified atom stereocenters. The first kappa shape index (κ1) is 36.3. The lowest BCUT2D eigenvalue weighted by atomic mass is 9.74. The highest BCUT2D eigenvalue weighted by molar-refractivity contribution is 7.99. The van der Waals surface area contributed by atoms with E-state index in [0.717, 1.165) is 49.4 Å². The number of aryl methyl sites for hydroxylation is 1. The van der Waals surface area contributed by atoms with Crippen LogP contribution in [-0.4, -0.2) is 61.5 Å². The van der Waals surface area contributed by atoms with Crippen LogP contribution in [0.15, 0.2) is 69.7 Å². The van der Waals surface area contributed by atoms with Gasteiger partial charge in [-0.1, -0.05) is 44.5 Å². The zero-order valence-corrected chi connectivity index (χ0v) is 28.4. The molecule has 254 valence electrons. The van der Waals surface area contributed by atoms with Crippen LogP contribution in [0.25, 0.3) is 0 Å². The molecule has 1 fully saturated rings. The van der Waals surface area contributed by atoms with Crippen molar-refractivity contribution in [3.05, 3.63) is 81.0 Å². The topological polar surface area (TPSA) is 127 Å². The van der Waals surface area contributed by atoms with Gasteiger partial charge in [0.2, 0.25) is 0 Å². The second-order valence-electron chi connectivity index (χ2n) is 11.7. The van der Waals surface area contributed by atoms with Gasteiger partial charge in [0.05, 0.1) is 36.5 Å². The first-order valence-electron chi connectivity index (χ1n) is 16.6. The Morgan fingerprint density at radius 1 is 1.06 bits per heavy atom. The molecule has 2 aliphatic heterocycles. The Bertz CT molecular complexity index is 1420. The standard InChI is InChI=1S/C36H46N2O8S/c1-4-11-30-34(32(26-13-8-14-27(24-26)38(41)42)33(35(39)43-3)29(5-2)37-30)36(40)46-22-10-23-47-28-18-16-25(17-19-28)12-9-21-45-31-15-6-7-20-44-31/h8,13-14,16-19,24,31-33H,4-7,9-12,15,20-23H2,1-3H3. The molecule has 2 aromatic carbocycles. The average molecular weight is 667 g/mol. The summed E-state index contributed by atoms with van der Waals surface area (Å²) in [6.45, 7) is 5.54. The Labute approximate surface area is 281 Å². The Balaban J connectivity index is 1.36. The highest BCUT2D eigenvalue weighted by Crippen LogP contribution is 2.42. The van der Waals surface area contributed by atoms with Crippen molar-refractivity contribution < 1.29 is 33.5 Å². The zero-order valence-electron chi connectivity index (χ0n) is 27.6. The van der Waals surface area contributed by atoms with Crippen molar-refractivity contribution in [2.24, 2.45) is 10.9 Å². The molecule has 4 rings (SSSR count). The third-order valence-corrected chi connectivity index (χ3v) is 9.42. The number of carbonyl (C=O) groups excluding carboxylic acids is 2. The number of ether oxygens (including phenoxy) is 4. The van der Waals surface area contributed by atoms with E-state index in [2.05, 4.69) is 24.3 Å². The Morgan fingerprint density at radius 3 is 2.55 bits per heavy atom. The molecule has 0 aromatic heterocycles. The normalized spacial score (nSPS) is 19.6. The summed E-state index contributed by atoms with van der Waals surface area (Å²) < 4.78 is 22.4. The van der Waals surface area contributed by atoms with Gasteiger partial charge in [0.1, 0.15) is 5.92 Å². The number of nitro groups is 1. The summed E-state index contributed by atoms with van der Waals surface area (Å²) in [7, 11) is 1.29. The van der Waals surface area contributed by atoms with Crippen molar-refractivity contribution >= 4 is 35.1 Å². The molecule has 2 heterocycles. The lowest BCUT2D eigenvalue weighted by Crippen LogP contribution is -2.37. The first-order chi connectivity index (χ1) is 22.9. The fourth-order valence-electron chi connectivity index (χ4n) is 5.98. The van der Waals surface area contributed by atoms with E-state index in [0.29, 0.717) is 42.8 Å². The van der Waals surface area contributed by atoms with Crippen molar-refractivity contribution in [2.45, 2.75) is 88.7 Å². The van der Waals surface area contributed by atoms with Crippen LogP contribution in [0.1, 0.15) is 82.3 Å². The van der Waals surface area contributed by atoms with E-state index in [1.54, 1.807) is 23.9 Å². The molecule has 2 aromatic rings. The van der Waals surface area contributed by atoms with Crippen LogP contribution in [0.4, 0.5) is 5.69 Å². The number of non-ortho nitro benzene ring substituents is 1. The van der Waals surface area contributed by atoms with Gasteiger partial charge in [-0.2, -0.15) is 0 Å². The van der Waals surface area contributed by atoms with E-state index in [4.69, 9.17) is 23.9 Å². The van der Waals surface area contributed by atoms with Gasteiger partial charge in [-0.25, -0.2) is 4.79 Å². The van der Waals surface area contributed by atoms with Crippen molar-refractivity contribution in [3.63, 3.8) is 0 Å². The number of hydrogen-bond acceptors (Lipinski definition) is 10. The number of rotatable bonds is 17. The summed E-state index contributed by atoms with van der Waals surface area (Å²) in [5.74, 6) is -2.07. The van der Waals surface area contributed by atoms with Crippen molar-refractivity contribution in [3.8, 4) is 0 Å². The summed E-state index contributed by atoms with van der Waals surface area (Å²) >= 11 is 1.69. The monoisotopic (exact) mass is 666 g/mol. The second-order valence-corrected chi connectivity index (χ2v) is 12.8. The molecule has 2 aliphatic rings. The lowest BCUT2D eigenvalue weighted by molar-refractivity contribution is -0.384. The number of thioether (sulfide) groups is 1. The minimum atomic E-state index is -0.896. The summed E-state index contributed by atoms with van der Waals surface area (Å²) in [6.07, 6.45) is 7.41. The number of nitro benzene ring substituents is 1. The average Bonchev–Trinajstić information content (AvgIpc) is 3.10. The van der Waals surface area contributed by atoms with Gasteiger partial charge in [0.25, 0.3) is 5.69 Å². The van der Waals surface area contributed by atoms with Crippen molar-refractivity contribution in [1.29, 1.82) is 0 Å². The first-order valence-corrected chi connectivity index (χ1v) is 17.6. The number of hydrogen-bond donors (Lipinski definition) is 0. The summed E-state index contributed by atoms with van der Waals surface area (Å²) in [5.41, 5.74) is 3.01. The predicted octanol–water partition coefficient (Wildman–Crippen LogP) is 7.59. The SMILES string of the molecule is CCCC1=C(C(=O)OCCCSc2ccc(CCCOC3CCCCO3)cc2)C(c2cccc([N+](=O)[O-])c2)C(C(=O)OC)C(CC)=N1. The number of methoxy groups -OCH3 is 1. The molecule has 0 aliphatic carbocycles. The number of esters is 2. The molecule has 3 atom stereocenters. The van der Waals surface area contributed by atoms with E-state index < -0.39 is 28.7 Å². The third kappa shape index (κ3) is 10.2. The molecule has 0 radical (unpaired) electrons. The van der Waals surface area contributed by atoms with Gasteiger partial charge < -0.3 is 18.9 Å². The van der Waals surface area contributed by atoms with Crippen LogP contribution < -0.4 is 0 Å². The molecular weight excluding hydrogens is 620 g/mol. The maximum atomic E-state index is 13.7. The van der Waals surface area contributed by atoms with Crippen LogP contribution in [0.5, 0.6) is 0 Å². The highest BCUT2D eigenvalue weighted by atomic mass is 32.2. The third-order valence-electron chi connectivity index (χ3n) is 8.32. The molecule has 0 amide bonds. The summed E-state index contributed by atoms with van der Waals surface area (Å²) in [4.78, 5) is 43.9. The predicted molar refractivity (Wildman–Crippen MR) is 182 cm³/mol. The van der Waals surface area contributed by atoms with Crippen LogP contribution in [0, 0.1) is 16.0 Å². The van der Waals surface area contributed by atoms with Crippen LogP contribution in [0.3, 0.4) is 0 Å². The van der Waals surface area contributed by atoms with Crippen LogP contribution in [0.2, 0.25) is 0 Å². The van der Waals surface area contributed by atoms with Gasteiger partial charge in [-0.15, -0.1) is 11.8 Å². The molecule has 10 nitrogen and oxygen atoms in total. The summed E-state index contributed by atoms with van der Waals surface area (Å²) in [5, 5.41) is 11.6. The van der Waals surface area contributed by atoms with Gasteiger partial charge in [-0.3, -0.25) is 19.9 Å². The Morgan fingerprint density at radius 2 is 1.87 bits per heavy atom. The molecule has 0 spiro atoms. The fourth-order valence-corrected chi connectivity index (χ4v) is 6.81. The molecular formula is C36H46N2O8S. The zero-order chi connectivity index (χ0) is 33.6. The van der Waals surface area contributed by atoms with Crippen molar-refractivity contribution in [1.82, 2.24) is 0 Å². The summed E-state index contributed by atoms with van der Waals surface area (Å²) in [6, 6.07) is 14.6. The lowest BCUT2D eigenvalue weighted by Gasteiger charge is -2.32. The molecule has 0 saturated carbocycles. The second kappa shape index (κ2) is 18.7. The minimum absolute atomic E-state index is 0.0481. The number of benzene rings is 2. The van der Waals surface area contributed by atoms with Gasteiger partial charge in [0, 0.05) is 41.0 Å². The van der Waals surface area contributed by atoms with E-state index >= 15 is 0 Å². The van der Waals surface area contributed by atoms with Gasteiger partial charge in [0.15, 0.2) is 6.29 Å². The number of aliphatic imine (C=N–C) groups is 1. The molecule has 0 bridgehead atoms. The minimum Gasteiger partial charge on any atom is -0.468 e. The smallest absolute Gasteiger partial charge is 0.336 e. The van der Waals surface area contributed by atoms with Crippen molar-refractivity contribution in [2.75, 3.05) is 32.7 Å². The Kier molecular flexibility index (Phi) is 14.4. The maximum absolute atomic E-state index is 13.7.